The van der Waals surface area contributed by atoms with Gasteiger partial charge in [-0.15, -0.1) is 0 Å². The van der Waals surface area contributed by atoms with Crippen molar-refractivity contribution < 1.29 is 28.6 Å². The lowest BCUT2D eigenvalue weighted by atomic mass is 10.1. The molecule has 9 heteroatoms. The SMILES string of the molecule is CCOc1cc(/C=C2\C(=O)NC(=O)N(c3ccc(OCc4ccc(C)cc4)cc3)C2=O)cc(Br)c1OCc1ccc(C)c(C)c1. The molecule has 0 atom stereocenters. The van der Waals surface area contributed by atoms with E-state index in [1.54, 1.807) is 36.4 Å². The molecule has 1 heterocycles. The number of nitrogens with one attached hydrogen (secondary N) is 1. The zero-order valence-electron chi connectivity index (χ0n) is 25.5. The number of anilines is 1. The molecule has 0 aromatic heterocycles. The normalized spacial score (nSPS) is 14.0. The Morgan fingerprint density at radius 1 is 0.778 bits per heavy atom. The van der Waals surface area contributed by atoms with E-state index in [1.807, 2.05) is 44.2 Å². The molecule has 4 aromatic rings. The number of barbiturate groups is 1. The molecule has 230 valence electrons. The first-order chi connectivity index (χ1) is 21.6. The van der Waals surface area contributed by atoms with E-state index in [-0.39, 0.29) is 5.57 Å². The quantitative estimate of drug-likeness (QED) is 0.138. The Hall–Kier alpha value is -4.89. The fourth-order valence-electron chi connectivity index (χ4n) is 4.72. The highest BCUT2D eigenvalue weighted by Crippen LogP contribution is 2.38. The molecule has 5 rings (SSSR count). The van der Waals surface area contributed by atoms with Gasteiger partial charge < -0.3 is 14.2 Å². The van der Waals surface area contributed by atoms with Crippen LogP contribution in [0.3, 0.4) is 0 Å². The van der Waals surface area contributed by atoms with Gasteiger partial charge in [-0.1, -0.05) is 48.0 Å². The molecule has 0 saturated carbocycles. The third-order valence-corrected chi connectivity index (χ3v) is 7.91. The molecule has 4 aromatic carbocycles. The molecule has 4 amide bonds. The predicted octanol–water partition coefficient (Wildman–Crippen LogP) is 7.60. The summed E-state index contributed by atoms with van der Waals surface area (Å²) >= 11 is 3.56. The second-order valence-electron chi connectivity index (χ2n) is 10.7. The number of hydrogen-bond acceptors (Lipinski definition) is 6. The van der Waals surface area contributed by atoms with Gasteiger partial charge >= 0.3 is 6.03 Å². The average molecular weight is 670 g/mol. The van der Waals surface area contributed by atoms with E-state index in [2.05, 4.69) is 47.2 Å². The van der Waals surface area contributed by atoms with Gasteiger partial charge in [-0.25, -0.2) is 9.69 Å². The van der Waals surface area contributed by atoms with Crippen LogP contribution in [0.25, 0.3) is 6.08 Å². The summed E-state index contributed by atoms with van der Waals surface area (Å²) in [6.45, 7) is 9.06. The minimum absolute atomic E-state index is 0.201. The Labute approximate surface area is 270 Å². The molecule has 0 radical (unpaired) electrons. The Balaban J connectivity index is 1.35. The third kappa shape index (κ3) is 7.44. The zero-order valence-corrected chi connectivity index (χ0v) is 27.1. The molecule has 8 nitrogen and oxygen atoms in total. The summed E-state index contributed by atoms with van der Waals surface area (Å²) in [5.41, 5.74) is 6.18. The second-order valence-corrected chi connectivity index (χ2v) is 11.6. The number of amides is 4. The Morgan fingerprint density at radius 3 is 2.16 bits per heavy atom. The molecular weight excluding hydrogens is 636 g/mol. The third-order valence-electron chi connectivity index (χ3n) is 7.32. The standard InChI is InChI=1S/C36H33BrN2O6/c1-5-43-32-19-27(18-31(37)33(32)45-21-26-11-8-23(3)24(4)16-26)17-30-34(40)38-36(42)39(35(30)41)28-12-14-29(15-13-28)44-20-25-9-6-22(2)7-10-25/h6-19H,5,20-21H2,1-4H3,(H,38,40,42)/b30-17+. The van der Waals surface area contributed by atoms with Crippen LogP contribution in [0.1, 0.15) is 40.3 Å². The molecule has 0 spiro atoms. The second kappa shape index (κ2) is 13.8. The van der Waals surface area contributed by atoms with Gasteiger partial charge in [0.2, 0.25) is 0 Å². The number of ether oxygens (including phenoxy) is 3. The summed E-state index contributed by atoms with van der Waals surface area (Å²) < 4.78 is 18.4. The van der Waals surface area contributed by atoms with Crippen molar-refractivity contribution in [2.24, 2.45) is 0 Å². The van der Waals surface area contributed by atoms with Gasteiger partial charge in [0.05, 0.1) is 16.8 Å². The highest BCUT2D eigenvalue weighted by Gasteiger charge is 2.37. The largest absolute Gasteiger partial charge is 0.490 e. The first-order valence-electron chi connectivity index (χ1n) is 14.5. The summed E-state index contributed by atoms with van der Waals surface area (Å²) in [5, 5.41) is 2.27. The lowest BCUT2D eigenvalue weighted by Crippen LogP contribution is -2.54. The topological polar surface area (TPSA) is 94.2 Å². The Kier molecular flexibility index (Phi) is 9.68. The molecular formula is C36H33BrN2O6. The first-order valence-corrected chi connectivity index (χ1v) is 15.3. The van der Waals surface area contributed by atoms with Gasteiger partial charge in [-0.05, 0) is 114 Å². The van der Waals surface area contributed by atoms with E-state index < -0.39 is 17.8 Å². The molecule has 0 bridgehead atoms. The van der Waals surface area contributed by atoms with Crippen LogP contribution in [0.5, 0.6) is 17.2 Å². The summed E-state index contributed by atoms with van der Waals surface area (Å²) in [7, 11) is 0. The van der Waals surface area contributed by atoms with Crippen LogP contribution >= 0.6 is 15.9 Å². The highest BCUT2D eigenvalue weighted by molar-refractivity contribution is 9.10. The molecule has 45 heavy (non-hydrogen) atoms. The van der Waals surface area contributed by atoms with E-state index in [9.17, 15) is 14.4 Å². The fourth-order valence-corrected chi connectivity index (χ4v) is 5.30. The van der Waals surface area contributed by atoms with Gasteiger partial charge in [0.1, 0.15) is 24.5 Å². The number of hydrogen-bond donors (Lipinski definition) is 1. The van der Waals surface area contributed by atoms with E-state index in [4.69, 9.17) is 14.2 Å². The van der Waals surface area contributed by atoms with Crippen molar-refractivity contribution in [1.29, 1.82) is 0 Å². The number of carbonyl (C=O) groups is 3. The number of nitrogens with zero attached hydrogens (tertiary/aromatic N) is 1. The lowest BCUT2D eigenvalue weighted by molar-refractivity contribution is -0.122. The van der Waals surface area contributed by atoms with Crippen molar-refractivity contribution in [3.05, 3.63) is 122 Å². The van der Waals surface area contributed by atoms with Crippen molar-refractivity contribution >= 4 is 45.5 Å². The van der Waals surface area contributed by atoms with Gasteiger partial charge in [0.15, 0.2) is 11.5 Å². The van der Waals surface area contributed by atoms with Gasteiger partial charge in [-0.2, -0.15) is 0 Å². The van der Waals surface area contributed by atoms with E-state index in [0.29, 0.717) is 52.8 Å². The number of benzene rings is 4. The van der Waals surface area contributed by atoms with Crippen LogP contribution in [-0.2, 0) is 22.8 Å². The van der Waals surface area contributed by atoms with Crippen molar-refractivity contribution in [2.75, 3.05) is 11.5 Å². The van der Waals surface area contributed by atoms with E-state index >= 15 is 0 Å². The number of aryl methyl sites for hydroxylation is 3. The van der Waals surface area contributed by atoms with Crippen molar-refractivity contribution in [3.8, 4) is 17.2 Å². The van der Waals surface area contributed by atoms with Crippen LogP contribution in [0.15, 0.2) is 88.9 Å². The van der Waals surface area contributed by atoms with Crippen LogP contribution in [0.2, 0.25) is 0 Å². The smallest absolute Gasteiger partial charge is 0.335 e. The predicted molar refractivity (Wildman–Crippen MR) is 177 cm³/mol. The summed E-state index contributed by atoms with van der Waals surface area (Å²) in [6, 6.07) is 23.3. The maximum absolute atomic E-state index is 13.5. The summed E-state index contributed by atoms with van der Waals surface area (Å²) in [4.78, 5) is 40.1. The molecule has 1 saturated heterocycles. The monoisotopic (exact) mass is 668 g/mol. The van der Waals surface area contributed by atoms with Gasteiger partial charge in [0, 0.05) is 0 Å². The minimum atomic E-state index is -0.832. The maximum atomic E-state index is 13.5. The number of rotatable bonds is 10. The Bertz CT molecular complexity index is 1780. The van der Waals surface area contributed by atoms with Crippen molar-refractivity contribution in [2.45, 2.75) is 40.9 Å². The van der Waals surface area contributed by atoms with Crippen LogP contribution < -0.4 is 24.4 Å². The summed E-state index contributed by atoms with van der Waals surface area (Å²) in [6.07, 6.45) is 1.43. The van der Waals surface area contributed by atoms with Crippen molar-refractivity contribution in [3.63, 3.8) is 0 Å². The highest BCUT2D eigenvalue weighted by atomic mass is 79.9. The fraction of sp³-hybridized carbons (Fsp3) is 0.194. The average Bonchev–Trinajstić information content (AvgIpc) is 3.01. The molecule has 0 unspecified atom stereocenters. The maximum Gasteiger partial charge on any atom is 0.335 e. The van der Waals surface area contributed by atoms with E-state index in [1.165, 1.54) is 17.2 Å². The van der Waals surface area contributed by atoms with E-state index in [0.717, 1.165) is 21.6 Å². The van der Waals surface area contributed by atoms with Gasteiger partial charge in [-0.3, -0.25) is 14.9 Å². The number of imide groups is 2. The van der Waals surface area contributed by atoms with Crippen LogP contribution in [0.4, 0.5) is 10.5 Å². The molecule has 1 aliphatic heterocycles. The van der Waals surface area contributed by atoms with Crippen molar-refractivity contribution in [1.82, 2.24) is 5.32 Å². The van der Waals surface area contributed by atoms with Crippen LogP contribution in [0, 0.1) is 20.8 Å². The minimum Gasteiger partial charge on any atom is -0.490 e. The first kappa shape index (κ1) is 31.5. The molecule has 0 aliphatic carbocycles. The number of halogens is 1. The molecule has 1 N–H and O–H groups in total. The summed E-state index contributed by atoms with van der Waals surface area (Å²) in [5.74, 6) is -0.0210. The molecule has 1 fully saturated rings. The molecule has 1 aliphatic rings. The lowest BCUT2D eigenvalue weighted by Gasteiger charge is -2.26. The Morgan fingerprint density at radius 2 is 1.47 bits per heavy atom. The number of urea groups is 1. The zero-order chi connectivity index (χ0) is 32.1. The number of carbonyl (C=O) groups excluding carboxylic acids is 3. The van der Waals surface area contributed by atoms with Gasteiger partial charge in [0.25, 0.3) is 11.8 Å². The van der Waals surface area contributed by atoms with Crippen LogP contribution in [-0.4, -0.2) is 24.5 Å².